The van der Waals surface area contributed by atoms with Crippen molar-refractivity contribution in [3.63, 3.8) is 0 Å². The maximum absolute atomic E-state index is 12.3. The van der Waals surface area contributed by atoms with Gasteiger partial charge in [-0.3, -0.25) is 9.79 Å². The summed E-state index contributed by atoms with van der Waals surface area (Å²) in [4.78, 5) is 16.3. The fourth-order valence-corrected chi connectivity index (χ4v) is 2.37. The molecule has 0 aliphatic rings. The van der Waals surface area contributed by atoms with Crippen molar-refractivity contribution in [1.82, 2.24) is 15.5 Å². The second-order valence-electron chi connectivity index (χ2n) is 7.41. The summed E-state index contributed by atoms with van der Waals surface area (Å²) in [5, 5.41) is 5.78. The van der Waals surface area contributed by atoms with Gasteiger partial charge in [-0.25, -0.2) is 0 Å². The van der Waals surface area contributed by atoms with E-state index in [0.717, 1.165) is 19.0 Å². The molecule has 1 aromatic rings. The average molecular weight is 514 g/mol. The molecule has 0 spiro atoms. The Kier molecular flexibility index (Phi) is 10.9. The van der Waals surface area contributed by atoms with Crippen LogP contribution < -0.4 is 10.6 Å². The van der Waals surface area contributed by atoms with Gasteiger partial charge in [-0.2, -0.15) is 13.2 Å². The van der Waals surface area contributed by atoms with Crippen LogP contribution in [0.25, 0.3) is 0 Å². The number of halogens is 4. The van der Waals surface area contributed by atoms with Crippen molar-refractivity contribution in [2.45, 2.75) is 38.8 Å². The van der Waals surface area contributed by atoms with Gasteiger partial charge < -0.3 is 15.5 Å². The Labute approximate surface area is 182 Å². The number of nitrogens with zero attached hydrogens (tertiary/aromatic N) is 2. The van der Waals surface area contributed by atoms with Crippen molar-refractivity contribution >= 4 is 35.8 Å². The summed E-state index contributed by atoms with van der Waals surface area (Å²) in [6.45, 7) is 5.53. The number of carbonyl (C=O) groups is 1. The van der Waals surface area contributed by atoms with Crippen LogP contribution >= 0.6 is 24.0 Å². The number of guanidine groups is 1. The Bertz CT molecular complexity index is 640. The molecule has 5 nitrogen and oxygen atoms in total. The number of hydrogen-bond acceptors (Lipinski definition) is 2. The Balaban J connectivity index is 0.00000729. The summed E-state index contributed by atoms with van der Waals surface area (Å²) in [5.74, 6) is -0.289. The summed E-state index contributed by atoms with van der Waals surface area (Å²) in [6.07, 6.45) is -3.65. The minimum atomic E-state index is -4.41. The van der Waals surface area contributed by atoms with E-state index in [9.17, 15) is 18.0 Å². The van der Waals surface area contributed by atoms with Crippen LogP contribution in [0.3, 0.4) is 0 Å². The van der Waals surface area contributed by atoms with Gasteiger partial charge in [0.25, 0.3) is 0 Å². The zero-order valence-electron chi connectivity index (χ0n) is 17.0. The molecule has 0 saturated carbocycles. The van der Waals surface area contributed by atoms with E-state index >= 15 is 0 Å². The van der Waals surface area contributed by atoms with E-state index < -0.39 is 18.6 Å². The number of aliphatic imine (C=N–C) groups is 1. The molecule has 0 saturated heterocycles. The summed E-state index contributed by atoms with van der Waals surface area (Å²) < 4.78 is 36.9. The molecule has 9 heteroatoms. The van der Waals surface area contributed by atoms with E-state index in [-0.39, 0.29) is 35.9 Å². The van der Waals surface area contributed by atoms with Gasteiger partial charge in [0.1, 0.15) is 6.54 Å². The molecule has 0 heterocycles. The van der Waals surface area contributed by atoms with Gasteiger partial charge in [-0.1, -0.05) is 45.0 Å². The molecule has 0 fully saturated rings. The number of amides is 1. The molecule has 1 amide bonds. The van der Waals surface area contributed by atoms with E-state index in [0.29, 0.717) is 17.4 Å². The van der Waals surface area contributed by atoms with Crippen LogP contribution in [0, 0.1) is 0 Å². The third-order valence-corrected chi connectivity index (χ3v) is 4.00. The van der Waals surface area contributed by atoms with E-state index in [1.165, 1.54) is 12.6 Å². The second-order valence-corrected chi connectivity index (χ2v) is 7.41. The summed E-state index contributed by atoms with van der Waals surface area (Å²) >= 11 is 0. The highest BCUT2D eigenvalue weighted by Crippen LogP contribution is 2.22. The van der Waals surface area contributed by atoms with Crippen molar-refractivity contribution in [3.8, 4) is 0 Å². The summed E-state index contributed by atoms with van der Waals surface area (Å²) in [7, 11) is 2.66. The van der Waals surface area contributed by atoms with Crippen molar-refractivity contribution in [3.05, 3.63) is 35.4 Å². The van der Waals surface area contributed by atoms with Crippen LogP contribution in [-0.4, -0.2) is 56.7 Å². The quantitative estimate of drug-likeness (QED) is 0.348. The number of benzene rings is 1. The molecule has 160 valence electrons. The Morgan fingerprint density at radius 3 is 2.14 bits per heavy atom. The first-order valence-electron chi connectivity index (χ1n) is 8.77. The minimum Gasteiger partial charge on any atom is -0.356 e. The molecule has 0 radical (unpaired) electrons. The Morgan fingerprint density at radius 2 is 1.68 bits per heavy atom. The minimum absolute atomic E-state index is 0. The van der Waals surface area contributed by atoms with Gasteiger partial charge in [-0.15, -0.1) is 24.0 Å². The molecule has 1 aromatic carbocycles. The van der Waals surface area contributed by atoms with Crippen LogP contribution in [0.5, 0.6) is 0 Å². The lowest BCUT2D eigenvalue weighted by molar-refractivity contribution is -0.157. The highest BCUT2D eigenvalue weighted by atomic mass is 127. The van der Waals surface area contributed by atoms with Crippen molar-refractivity contribution in [1.29, 1.82) is 0 Å². The van der Waals surface area contributed by atoms with Gasteiger partial charge in [0, 0.05) is 20.6 Å². The lowest BCUT2D eigenvalue weighted by atomic mass is 9.86. The Morgan fingerprint density at radius 1 is 1.11 bits per heavy atom. The molecule has 0 unspecified atom stereocenters. The molecular weight excluding hydrogens is 484 g/mol. The summed E-state index contributed by atoms with van der Waals surface area (Å²) in [5.41, 5.74) is 2.53. The number of likely N-dealkylation sites (N-methyl/N-ethyl adjacent to an activating group) is 1. The SMILES string of the molecule is CN=C(NCCc1ccc(C(C)(C)C)cc1)NCC(=O)N(C)CC(F)(F)F.I. The van der Waals surface area contributed by atoms with E-state index in [2.05, 4.69) is 60.7 Å². The molecule has 0 bridgehead atoms. The summed E-state index contributed by atoms with van der Waals surface area (Å²) in [6, 6.07) is 8.37. The van der Waals surface area contributed by atoms with E-state index in [4.69, 9.17) is 0 Å². The van der Waals surface area contributed by atoms with Crippen LogP contribution in [0.15, 0.2) is 29.3 Å². The predicted molar refractivity (Wildman–Crippen MR) is 117 cm³/mol. The molecule has 0 aromatic heterocycles. The molecular formula is C19H30F3IN4O. The van der Waals surface area contributed by atoms with Gasteiger partial charge in [-0.05, 0) is 23.0 Å². The standard InChI is InChI=1S/C19H29F3N4O.HI/c1-18(2,3)15-8-6-14(7-9-15)10-11-24-17(23-4)25-12-16(27)26(5)13-19(20,21)22;/h6-9H,10-13H2,1-5H3,(H2,23,24,25);1H. The van der Waals surface area contributed by atoms with Crippen LogP contribution in [0.1, 0.15) is 31.9 Å². The number of rotatable bonds is 6. The van der Waals surface area contributed by atoms with Gasteiger partial charge in [0.2, 0.25) is 5.91 Å². The van der Waals surface area contributed by atoms with Crippen LogP contribution in [0.2, 0.25) is 0 Å². The lowest BCUT2D eigenvalue weighted by Gasteiger charge is -2.20. The highest BCUT2D eigenvalue weighted by molar-refractivity contribution is 14.0. The van der Waals surface area contributed by atoms with Crippen LogP contribution in [0.4, 0.5) is 13.2 Å². The lowest BCUT2D eigenvalue weighted by Crippen LogP contribution is -2.45. The zero-order chi connectivity index (χ0) is 20.7. The molecule has 0 atom stereocenters. The fourth-order valence-electron chi connectivity index (χ4n) is 2.37. The van der Waals surface area contributed by atoms with Crippen molar-refractivity contribution in [2.75, 3.05) is 33.7 Å². The van der Waals surface area contributed by atoms with Crippen molar-refractivity contribution in [2.24, 2.45) is 4.99 Å². The third-order valence-electron chi connectivity index (χ3n) is 4.00. The third kappa shape index (κ3) is 10.1. The predicted octanol–water partition coefficient (Wildman–Crippen LogP) is 3.33. The smallest absolute Gasteiger partial charge is 0.356 e. The van der Waals surface area contributed by atoms with Gasteiger partial charge in [0.05, 0.1) is 6.54 Å². The molecule has 28 heavy (non-hydrogen) atoms. The number of hydrogen-bond donors (Lipinski definition) is 2. The molecule has 1 rings (SSSR count). The largest absolute Gasteiger partial charge is 0.406 e. The number of nitrogens with one attached hydrogen (secondary N) is 2. The topological polar surface area (TPSA) is 56.7 Å². The first-order valence-corrected chi connectivity index (χ1v) is 8.77. The average Bonchev–Trinajstić information content (AvgIpc) is 2.55. The first kappa shape index (κ1) is 26.5. The first-order chi connectivity index (χ1) is 12.4. The fraction of sp³-hybridized carbons (Fsp3) is 0.579. The van der Waals surface area contributed by atoms with E-state index in [1.807, 2.05) is 0 Å². The second kappa shape index (κ2) is 11.5. The maximum Gasteiger partial charge on any atom is 0.406 e. The van der Waals surface area contributed by atoms with E-state index in [1.54, 1.807) is 0 Å². The maximum atomic E-state index is 12.3. The Hall–Kier alpha value is -1.52. The number of alkyl halides is 3. The van der Waals surface area contributed by atoms with Crippen molar-refractivity contribution < 1.29 is 18.0 Å². The number of carbonyl (C=O) groups excluding carboxylic acids is 1. The molecule has 0 aliphatic heterocycles. The van der Waals surface area contributed by atoms with Gasteiger partial charge >= 0.3 is 6.18 Å². The zero-order valence-corrected chi connectivity index (χ0v) is 19.3. The van der Waals surface area contributed by atoms with Gasteiger partial charge in [0.15, 0.2) is 5.96 Å². The monoisotopic (exact) mass is 514 g/mol. The molecule has 0 aliphatic carbocycles. The normalized spacial score (nSPS) is 12.2. The molecule has 2 N–H and O–H groups in total. The highest BCUT2D eigenvalue weighted by Gasteiger charge is 2.31. The van der Waals surface area contributed by atoms with Crippen LogP contribution in [-0.2, 0) is 16.6 Å².